The van der Waals surface area contributed by atoms with Gasteiger partial charge in [-0.1, -0.05) is 268 Å². The number of quaternary nitrogens is 1. The summed E-state index contributed by atoms with van der Waals surface area (Å²) in [6, 6.07) is 0. The molecule has 1 N–H and O–H groups in total. The third-order valence-corrected chi connectivity index (χ3v) is 14.6. The molecule has 2 unspecified atom stereocenters. The first-order valence-electron chi connectivity index (χ1n) is 32.8. The van der Waals surface area contributed by atoms with Crippen LogP contribution < -0.4 is 0 Å². The van der Waals surface area contributed by atoms with Crippen LogP contribution >= 0.6 is 0 Å². The first-order valence-corrected chi connectivity index (χ1v) is 32.8. The van der Waals surface area contributed by atoms with Gasteiger partial charge in [-0.3, -0.25) is 9.59 Å². The third kappa shape index (κ3) is 60.7. The van der Waals surface area contributed by atoms with Gasteiger partial charge in [0, 0.05) is 12.8 Å². The van der Waals surface area contributed by atoms with Crippen molar-refractivity contribution < 1.29 is 42.9 Å². The fourth-order valence-corrected chi connectivity index (χ4v) is 9.49. The Balaban J connectivity index is 4.11. The highest BCUT2D eigenvalue weighted by Crippen LogP contribution is 2.17. The summed E-state index contributed by atoms with van der Waals surface area (Å²) in [5, 5.41) is 9.73. The first-order chi connectivity index (χ1) is 37.6. The summed E-state index contributed by atoms with van der Waals surface area (Å²) in [6.07, 6.45) is 72.1. The Labute approximate surface area is 476 Å². The van der Waals surface area contributed by atoms with Crippen LogP contribution in [0.25, 0.3) is 0 Å². The van der Waals surface area contributed by atoms with Crippen LogP contribution in [-0.4, -0.2) is 87.4 Å². The lowest BCUT2D eigenvalue weighted by atomic mass is 10.0. The SMILES string of the molecule is CCCCCCC/C=C\C/C=C\CCCCCCCCCCCCCCCCCCCCCC(=O)OC(COC(=O)CCCCCCCCCCC/C=C\C/C=C\CCCCCCC)COC(OCC[N+](C)(C)C)C(=O)O. The number of unbranched alkanes of at least 4 members (excludes halogenated alkanes) is 38. The molecule has 0 saturated carbocycles. The minimum atomic E-state index is -1.51. The van der Waals surface area contributed by atoms with E-state index in [-0.39, 0.29) is 32.2 Å². The number of hydrogen-bond acceptors (Lipinski definition) is 7. The van der Waals surface area contributed by atoms with Crippen molar-refractivity contribution in [2.45, 2.75) is 322 Å². The van der Waals surface area contributed by atoms with Crippen LogP contribution in [0.4, 0.5) is 0 Å². The molecule has 0 aromatic carbocycles. The van der Waals surface area contributed by atoms with Crippen LogP contribution in [0, 0.1) is 0 Å². The van der Waals surface area contributed by atoms with Crippen molar-refractivity contribution in [3.8, 4) is 0 Å². The Hall–Kier alpha value is -2.75. The fourth-order valence-electron chi connectivity index (χ4n) is 9.49. The average molecular weight is 1090 g/mol. The molecule has 77 heavy (non-hydrogen) atoms. The Morgan fingerprint density at radius 2 is 0.701 bits per heavy atom. The maximum atomic E-state index is 12.9. The number of hydrogen-bond donors (Lipinski definition) is 1. The molecule has 0 rings (SSSR count). The molecule has 0 fully saturated rings. The van der Waals surface area contributed by atoms with Gasteiger partial charge < -0.3 is 28.5 Å². The van der Waals surface area contributed by atoms with Crippen molar-refractivity contribution >= 4 is 17.9 Å². The summed E-state index contributed by atoms with van der Waals surface area (Å²) in [7, 11) is 5.98. The van der Waals surface area contributed by atoms with E-state index in [2.05, 4.69) is 62.5 Å². The summed E-state index contributed by atoms with van der Waals surface area (Å²) in [5.74, 6) is -1.99. The molecule has 0 aliphatic carbocycles. The average Bonchev–Trinajstić information content (AvgIpc) is 3.40. The van der Waals surface area contributed by atoms with Crippen LogP contribution in [0.3, 0.4) is 0 Å². The Morgan fingerprint density at radius 1 is 0.390 bits per heavy atom. The van der Waals surface area contributed by atoms with Gasteiger partial charge in [0.2, 0.25) is 0 Å². The van der Waals surface area contributed by atoms with E-state index in [0.29, 0.717) is 17.4 Å². The molecule has 2 atom stereocenters. The number of likely N-dealkylation sites (N-methyl/N-ethyl adjacent to an activating group) is 1. The van der Waals surface area contributed by atoms with Crippen LogP contribution in [-0.2, 0) is 33.3 Å². The van der Waals surface area contributed by atoms with Crippen molar-refractivity contribution in [3.63, 3.8) is 0 Å². The zero-order valence-electron chi connectivity index (χ0n) is 51.4. The van der Waals surface area contributed by atoms with Gasteiger partial charge >= 0.3 is 17.9 Å². The molecule has 0 spiro atoms. The van der Waals surface area contributed by atoms with E-state index in [0.717, 1.165) is 51.4 Å². The number of esters is 2. The van der Waals surface area contributed by atoms with Gasteiger partial charge in [-0.2, -0.15) is 0 Å². The van der Waals surface area contributed by atoms with Crippen LogP contribution in [0.1, 0.15) is 309 Å². The summed E-state index contributed by atoms with van der Waals surface area (Å²) < 4.78 is 23.0. The first kappa shape index (κ1) is 74.2. The normalized spacial score (nSPS) is 13.0. The maximum Gasteiger partial charge on any atom is 0.361 e. The van der Waals surface area contributed by atoms with E-state index < -0.39 is 24.3 Å². The largest absolute Gasteiger partial charge is 0.477 e. The number of rotatable bonds is 61. The summed E-state index contributed by atoms with van der Waals surface area (Å²) >= 11 is 0. The predicted octanol–water partition coefficient (Wildman–Crippen LogP) is 19.8. The fraction of sp³-hybridized carbons (Fsp3) is 0.838. The summed E-state index contributed by atoms with van der Waals surface area (Å²) in [6.45, 7) is 4.90. The Kier molecular flexibility index (Phi) is 57.3. The highest BCUT2D eigenvalue weighted by atomic mass is 16.7. The highest BCUT2D eigenvalue weighted by Gasteiger charge is 2.25. The standard InChI is InChI=1S/C68H125NO8/c1-6-8-10-12-14-16-18-20-22-24-26-28-29-30-31-32-33-34-35-36-37-39-41-43-45-47-49-51-53-55-57-59-66(71)77-64(63-76-68(67(72)73)74-61-60-69(3,4)5)62-75-65(70)58-56-54-52-50-48-46-44-42-40-38-27-25-23-21-19-17-15-13-11-9-7-2/h18-21,24-27,64,68H,6-17,22-23,28-63H2,1-5H3/p+1/b20-18-,21-19-,26-24-,27-25-. The molecular weight excluding hydrogens is 959 g/mol. The molecule has 9 heteroatoms. The van der Waals surface area contributed by atoms with Crippen LogP contribution in [0.15, 0.2) is 48.6 Å². The quantitative estimate of drug-likeness (QED) is 0.0211. The number of nitrogens with zero attached hydrogens (tertiary/aromatic N) is 1. The van der Waals surface area contributed by atoms with Crippen molar-refractivity contribution in [2.75, 3.05) is 47.5 Å². The number of carboxylic acid groups (broad SMARTS) is 1. The zero-order valence-corrected chi connectivity index (χ0v) is 51.4. The molecule has 0 bridgehead atoms. The number of ether oxygens (including phenoxy) is 4. The smallest absolute Gasteiger partial charge is 0.361 e. The minimum absolute atomic E-state index is 0.182. The van der Waals surface area contributed by atoms with Gasteiger partial charge in [0.15, 0.2) is 6.10 Å². The van der Waals surface area contributed by atoms with Crippen molar-refractivity contribution in [1.82, 2.24) is 0 Å². The number of allylic oxidation sites excluding steroid dienone is 8. The lowest BCUT2D eigenvalue weighted by Crippen LogP contribution is -2.40. The molecule has 0 saturated heterocycles. The van der Waals surface area contributed by atoms with E-state index in [9.17, 15) is 19.5 Å². The molecule has 450 valence electrons. The van der Waals surface area contributed by atoms with Crippen LogP contribution in [0.5, 0.6) is 0 Å². The number of carboxylic acids is 1. The van der Waals surface area contributed by atoms with E-state index in [1.807, 2.05) is 21.1 Å². The van der Waals surface area contributed by atoms with E-state index >= 15 is 0 Å². The molecule has 0 heterocycles. The van der Waals surface area contributed by atoms with Gasteiger partial charge in [-0.05, 0) is 77.0 Å². The second-order valence-electron chi connectivity index (χ2n) is 23.4. The predicted molar refractivity (Wildman–Crippen MR) is 327 cm³/mol. The molecule has 0 aromatic rings. The molecule has 0 amide bonds. The van der Waals surface area contributed by atoms with E-state index in [1.54, 1.807) is 0 Å². The lowest BCUT2D eigenvalue weighted by molar-refractivity contribution is -0.870. The maximum absolute atomic E-state index is 12.9. The molecule has 0 aliphatic rings. The van der Waals surface area contributed by atoms with Gasteiger partial charge in [-0.15, -0.1) is 0 Å². The highest BCUT2D eigenvalue weighted by molar-refractivity contribution is 5.71. The monoisotopic (exact) mass is 1080 g/mol. The minimum Gasteiger partial charge on any atom is -0.477 e. The molecule has 0 aromatic heterocycles. The topological polar surface area (TPSA) is 108 Å². The second kappa shape index (κ2) is 59.4. The second-order valence-corrected chi connectivity index (χ2v) is 23.4. The zero-order chi connectivity index (χ0) is 56.2. The molecule has 9 nitrogen and oxygen atoms in total. The van der Waals surface area contributed by atoms with Crippen molar-refractivity contribution in [3.05, 3.63) is 48.6 Å². The van der Waals surface area contributed by atoms with Gasteiger partial charge in [0.05, 0.1) is 34.4 Å². The number of carbonyl (C=O) groups is 3. The van der Waals surface area contributed by atoms with Gasteiger partial charge in [0.25, 0.3) is 6.29 Å². The van der Waals surface area contributed by atoms with Crippen LogP contribution in [0.2, 0.25) is 0 Å². The van der Waals surface area contributed by atoms with Gasteiger partial charge in [0.1, 0.15) is 13.2 Å². The number of carbonyl (C=O) groups excluding carboxylic acids is 2. The number of aliphatic carboxylic acids is 1. The van der Waals surface area contributed by atoms with Crippen molar-refractivity contribution in [1.29, 1.82) is 0 Å². The molecular formula is C68H126NO8+. The third-order valence-electron chi connectivity index (χ3n) is 14.6. The van der Waals surface area contributed by atoms with E-state index in [4.69, 9.17) is 18.9 Å². The van der Waals surface area contributed by atoms with Gasteiger partial charge in [-0.25, -0.2) is 4.79 Å². The summed E-state index contributed by atoms with van der Waals surface area (Å²) in [5.41, 5.74) is 0. The lowest BCUT2D eigenvalue weighted by Gasteiger charge is -2.25. The van der Waals surface area contributed by atoms with Crippen molar-refractivity contribution in [2.24, 2.45) is 0 Å². The van der Waals surface area contributed by atoms with E-state index in [1.165, 1.54) is 231 Å². The summed E-state index contributed by atoms with van der Waals surface area (Å²) in [4.78, 5) is 37.5. The Morgan fingerprint density at radius 3 is 1.03 bits per heavy atom. The molecule has 0 aliphatic heterocycles. The Bertz CT molecular complexity index is 1400. The molecule has 0 radical (unpaired) electrons.